The Morgan fingerprint density at radius 1 is 1.38 bits per heavy atom. The number of hydrogen-bond donors (Lipinski definition) is 2. The summed E-state index contributed by atoms with van der Waals surface area (Å²) in [7, 11) is 0. The predicted octanol–water partition coefficient (Wildman–Crippen LogP) is 1.57. The molecule has 16 heavy (non-hydrogen) atoms. The third-order valence-corrected chi connectivity index (χ3v) is 2.64. The van der Waals surface area contributed by atoms with Gasteiger partial charge in [-0.15, -0.1) is 0 Å². The number of rotatable bonds is 2. The SMILES string of the molecule is NC(=NO)c1ccc(-n2cc(I)cn2)cc1. The van der Waals surface area contributed by atoms with Crippen LogP contribution >= 0.6 is 22.6 Å². The Kier molecular flexibility index (Phi) is 3.09. The zero-order valence-corrected chi connectivity index (χ0v) is 10.4. The Morgan fingerprint density at radius 3 is 2.56 bits per heavy atom. The summed E-state index contributed by atoms with van der Waals surface area (Å²) >= 11 is 2.20. The van der Waals surface area contributed by atoms with Crippen LogP contribution in [-0.4, -0.2) is 20.8 Å². The van der Waals surface area contributed by atoms with Crippen molar-refractivity contribution in [3.8, 4) is 5.69 Å². The van der Waals surface area contributed by atoms with Crippen LogP contribution < -0.4 is 5.73 Å². The summed E-state index contributed by atoms with van der Waals surface area (Å²) in [5, 5.41) is 15.6. The van der Waals surface area contributed by atoms with Crippen LogP contribution in [0.15, 0.2) is 41.8 Å². The molecule has 0 radical (unpaired) electrons. The molecule has 2 rings (SSSR count). The van der Waals surface area contributed by atoms with Crippen molar-refractivity contribution >= 4 is 28.4 Å². The molecule has 0 fully saturated rings. The van der Waals surface area contributed by atoms with Gasteiger partial charge >= 0.3 is 0 Å². The fourth-order valence-electron chi connectivity index (χ4n) is 1.28. The van der Waals surface area contributed by atoms with Gasteiger partial charge in [0.15, 0.2) is 5.84 Å². The lowest BCUT2D eigenvalue weighted by Gasteiger charge is -2.02. The minimum atomic E-state index is 0.0987. The molecular weight excluding hydrogens is 319 g/mol. The standard InChI is InChI=1S/C10H9IN4O/c11-8-5-13-15(6-8)9-3-1-7(2-4-9)10(12)14-16/h1-6,16H,(H2,12,14). The van der Waals surface area contributed by atoms with E-state index < -0.39 is 0 Å². The van der Waals surface area contributed by atoms with E-state index in [0.29, 0.717) is 5.56 Å². The fourth-order valence-corrected chi connectivity index (χ4v) is 1.67. The van der Waals surface area contributed by atoms with Crippen LogP contribution in [0.25, 0.3) is 5.69 Å². The van der Waals surface area contributed by atoms with Gasteiger partial charge in [-0.2, -0.15) is 5.10 Å². The summed E-state index contributed by atoms with van der Waals surface area (Å²) in [4.78, 5) is 0. The number of hydrogen-bond acceptors (Lipinski definition) is 3. The van der Waals surface area contributed by atoms with Gasteiger partial charge in [0.2, 0.25) is 0 Å². The fraction of sp³-hybridized carbons (Fsp3) is 0. The maximum atomic E-state index is 8.52. The molecule has 0 amide bonds. The first kappa shape index (κ1) is 10.9. The van der Waals surface area contributed by atoms with Crippen molar-refractivity contribution in [1.82, 2.24) is 9.78 Å². The van der Waals surface area contributed by atoms with Crippen LogP contribution in [0.4, 0.5) is 0 Å². The van der Waals surface area contributed by atoms with E-state index >= 15 is 0 Å². The minimum Gasteiger partial charge on any atom is -0.409 e. The predicted molar refractivity (Wildman–Crippen MR) is 68.8 cm³/mol. The molecule has 82 valence electrons. The van der Waals surface area contributed by atoms with Crippen molar-refractivity contribution in [3.63, 3.8) is 0 Å². The van der Waals surface area contributed by atoms with Gasteiger partial charge in [-0.05, 0) is 46.9 Å². The Balaban J connectivity index is 2.33. The molecule has 0 aliphatic carbocycles. The van der Waals surface area contributed by atoms with Gasteiger partial charge < -0.3 is 10.9 Å². The molecule has 0 atom stereocenters. The van der Waals surface area contributed by atoms with E-state index in [4.69, 9.17) is 10.9 Å². The van der Waals surface area contributed by atoms with Gasteiger partial charge in [0.05, 0.1) is 15.5 Å². The summed E-state index contributed by atoms with van der Waals surface area (Å²) in [6.07, 6.45) is 3.69. The van der Waals surface area contributed by atoms with Crippen LogP contribution in [-0.2, 0) is 0 Å². The van der Waals surface area contributed by atoms with Crippen molar-refractivity contribution < 1.29 is 5.21 Å². The molecule has 1 heterocycles. The molecule has 0 bridgehead atoms. The van der Waals surface area contributed by atoms with Gasteiger partial charge in [-0.1, -0.05) is 5.16 Å². The highest BCUT2D eigenvalue weighted by Crippen LogP contribution is 2.11. The lowest BCUT2D eigenvalue weighted by atomic mass is 10.2. The Labute approximate surface area is 106 Å². The first-order valence-corrected chi connectivity index (χ1v) is 5.57. The van der Waals surface area contributed by atoms with Crippen LogP contribution in [0.5, 0.6) is 0 Å². The van der Waals surface area contributed by atoms with Crippen molar-refractivity contribution in [1.29, 1.82) is 0 Å². The second-order valence-electron chi connectivity index (χ2n) is 3.14. The number of nitrogens with two attached hydrogens (primary N) is 1. The topological polar surface area (TPSA) is 76.4 Å². The van der Waals surface area contributed by atoms with Crippen LogP contribution in [0.1, 0.15) is 5.56 Å². The van der Waals surface area contributed by atoms with Gasteiger partial charge in [-0.25, -0.2) is 4.68 Å². The molecule has 6 heteroatoms. The first-order valence-electron chi connectivity index (χ1n) is 4.49. The molecule has 2 aromatic rings. The van der Waals surface area contributed by atoms with E-state index in [2.05, 4.69) is 32.8 Å². The molecule has 0 aliphatic rings. The van der Waals surface area contributed by atoms with Crippen molar-refractivity contribution in [2.24, 2.45) is 10.9 Å². The third kappa shape index (κ3) is 2.16. The van der Waals surface area contributed by atoms with Crippen LogP contribution in [0.2, 0.25) is 0 Å². The number of halogens is 1. The van der Waals surface area contributed by atoms with Crippen molar-refractivity contribution in [2.75, 3.05) is 0 Å². The average Bonchev–Trinajstić information content (AvgIpc) is 2.75. The zero-order valence-electron chi connectivity index (χ0n) is 8.21. The number of nitrogens with zero attached hydrogens (tertiary/aromatic N) is 3. The Hall–Kier alpha value is -1.57. The molecule has 1 aromatic carbocycles. The highest BCUT2D eigenvalue weighted by atomic mass is 127. The van der Waals surface area contributed by atoms with Gasteiger partial charge in [0, 0.05) is 11.8 Å². The highest BCUT2D eigenvalue weighted by molar-refractivity contribution is 14.1. The quantitative estimate of drug-likeness (QED) is 0.289. The summed E-state index contributed by atoms with van der Waals surface area (Å²) in [6.45, 7) is 0. The first-order chi connectivity index (χ1) is 7.70. The van der Waals surface area contributed by atoms with Crippen molar-refractivity contribution in [3.05, 3.63) is 45.8 Å². The smallest absolute Gasteiger partial charge is 0.170 e. The second-order valence-corrected chi connectivity index (χ2v) is 4.38. The van der Waals surface area contributed by atoms with E-state index in [9.17, 15) is 0 Å². The molecule has 0 saturated carbocycles. The summed E-state index contributed by atoms with van der Waals surface area (Å²) in [6, 6.07) is 7.27. The maximum Gasteiger partial charge on any atom is 0.170 e. The van der Waals surface area contributed by atoms with E-state index in [1.165, 1.54) is 0 Å². The average molecular weight is 328 g/mol. The Morgan fingerprint density at radius 2 is 2.06 bits per heavy atom. The van der Waals surface area contributed by atoms with Gasteiger partial charge in [0.1, 0.15) is 0 Å². The normalized spacial score (nSPS) is 11.7. The molecule has 0 saturated heterocycles. The molecular formula is C10H9IN4O. The van der Waals surface area contributed by atoms with E-state index in [-0.39, 0.29) is 5.84 Å². The monoisotopic (exact) mass is 328 g/mol. The largest absolute Gasteiger partial charge is 0.409 e. The van der Waals surface area contributed by atoms with Crippen molar-refractivity contribution in [2.45, 2.75) is 0 Å². The molecule has 5 nitrogen and oxygen atoms in total. The summed E-state index contributed by atoms with van der Waals surface area (Å²) < 4.78 is 2.83. The minimum absolute atomic E-state index is 0.0987. The third-order valence-electron chi connectivity index (χ3n) is 2.09. The van der Waals surface area contributed by atoms with E-state index in [1.807, 2.05) is 18.3 Å². The van der Waals surface area contributed by atoms with E-state index in [1.54, 1.807) is 23.0 Å². The summed E-state index contributed by atoms with van der Waals surface area (Å²) in [5.41, 5.74) is 7.07. The summed E-state index contributed by atoms with van der Waals surface area (Å²) in [5.74, 6) is 0.0987. The van der Waals surface area contributed by atoms with Crippen LogP contribution in [0, 0.1) is 3.57 Å². The molecule has 0 spiro atoms. The van der Waals surface area contributed by atoms with E-state index in [0.717, 1.165) is 9.26 Å². The zero-order chi connectivity index (χ0) is 11.5. The molecule has 1 aromatic heterocycles. The number of aromatic nitrogens is 2. The lowest BCUT2D eigenvalue weighted by Crippen LogP contribution is -2.12. The maximum absolute atomic E-state index is 8.52. The number of amidine groups is 1. The molecule has 3 N–H and O–H groups in total. The van der Waals surface area contributed by atoms with Gasteiger partial charge in [0.25, 0.3) is 0 Å². The number of oxime groups is 1. The lowest BCUT2D eigenvalue weighted by molar-refractivity contribution is 0.318. The molecule has 0 aliphatic heterocycles. The highest BCUT2D eigenvalue weighted by Gasteiger charge is 2.01. The van der Waals surface area contributed by atoms with Gasteiger partial charge in [-0.3, -0.25) is 0 Å². The molecule has 0 unspecified atom stereocenters. The number of benzene rings is 1. The Bertz CT molecular complexity index is 518. The van der Waals surface area contributed by atoms with Crippen LogP contribution in [0.3, 0.4) is 0 Å². The second kappa shape index (κ2) is 4.52.